The quantitative estimate of drug-likeness (QED) is 0.915. The molecule has 1 aliphatic heterocycles. The maximum absolute atomic E-state index is 10.9. The van der Waals surface area contributed by atoms with Gasteiger partial charge in [-0.2, -0.15) is 0 Å². The molecule has 4 nitrogen and oxygen atoms in total. The van der Waals surface area contributed by atoms with Gasteiger partial charge in [-0.05, 0) is 26.0 Å². The number of ether oxygens (including phenoxy) is 1. The van der Waals surface area contributed by atoms with Crippen molar-refractivity contribution in [1.29, 1.82) is 0 Å². The van der Waals surface area contributed by atoms with Crippen molar-refractivity contribution in [2.75, 3.05) is 6.61 Å². The van der Waals surface area contributed by atoms with Crippen LogP contribution in [0, 0.1) is 0 Å². The molecular weight excluding hydrogens is 252 g/mol. The third-order valence-electron chi connectivity index (χ3n) is 4.18. The van der Waals surface area contributed by atoms with Crippen LogP contribution < -0.4 is 0 Å². The number of aryl methyl sites for hydroxylation is 1. The van der Waals surface area contributed by atoms with Crippen LogP contribution in [0.5, 0.6) is 0 Å². The molecule has 0 amide bonds. The predicted molar refractivity (Wildman–Crippen MR) is 78.6 cm³/mol. The minimum absolute atomic E-state index is 0.266. The maximum atomic E-state index is 10.9. The first kappa shape index (κ1) is 13.6. The number of rotatable bonds is 2. The van der Waals surface area contributed by atoms with E-state index in [0.717, 1.165) is 16.9 Å². The van der Waals surface area contributed by atoms with Crippen LogP contribution in [0.4, 0.5) is 0 Å². The predicted octanol–water partition coefficient (Wildman–Crippen LogP) is 2.44. The molecular formula is C16H22N2O2. The molecule has 0 radical (unpaired) electrons. The van der Waals surface area contributed by atoms with E-state index in [1.165, 1.54) is 0 Å². The molecule has 1 atom stereocenters. The van der Waals surface area contributed by atoms with E-state index in [9.17, 15) is 5.11 Å². The third kappa shape index (κ3) is 2.45. The number of aromatic nitrogens is 2. The Labute approximate surface area is 119 Å². The summed E-state index contributed by atoms with van der Waals surface area (Å²) in [5, 5.41) is 10.9. The van der Waals surface area contributed by atoms with Crippen LogP contribution in [0.3, 0.4) is 0 Å². The fourth-order valence-corrected chi connectivity index (χ4v) is 3.25. The SMILES string of the molecule is Cn1c(CC2(O)CCOC(C)(C)C2)nc2ccccc21. The lowest BCUT2D eigenvalue weighted by atomic mass is 9.82. The number of hydrogen-bond acceptors (Lipinski definition) is 3. The highest BCUT2D eigenvalue weighted by molar-refractivity contribution is 5.75. The van der Waals surface area contributed by atoms with Crippen LogP contribution in [0.2, 0.25) is 0 Å². The van der Waals surface area contributed by atoms with Crippen molar-refractivity contribution in [1.82, 2.24) is 9.55 Å². The van der Waals surface area contributed by atoms with Gasteiger partial charge < -0.3 is 14.4 Å². The average molecular weight is 274 g/mol. The lowest BCUT2D eigenvalue weighted by Gasteiger charge is -2.41. The summed E-state index contributed by atoms with van der Waals surface area (Å²) in [6.45, 7) is 4.67. The van der Waals surface area contributed by atoms with E-state index in [1.807, 2.05) is 39.1 Å². The lowest BCUT2D eigenvalue weighted by Crippen LogP contribution is -2.47. The molecule has 2 heterocycles. The standard InChI is InChI=1S/C16H22N2O2/c1-15(2)11-16(19,8-9-20-15)10-14-17-12-6-4-5-7-13(12)18(14)3/h4-7,19H,8-11H2,1-3H3. The van der Waals surface area contributed by atoms with Gasteiger partial charge in [0.2, 0.25) is 0 Å². The molecule has 0 aliphatic carbocycles. The summed E-state index contributed by atoms with van der Waals surface area (Å²) in [7, 11) is 2.01. The molecule has 3 rings (SSSR count). The Morgan fingerprint density at radius 2 is 2.10 bits per heavy atom. The minimum Gasteiger partial charge on any atom is -0.389 e. The van der Waals surface area contributed by atoms with Crippen LogP contribution in [0.25, 0.3) is 11.0 Å². The zero-order valence-corrected chi connectivity index (χ0v) is 12.4. The van der Waals surface area contributed by atoms with Crippen molar-refractivity contribution in [2.24, 2.45) is 7.05 Å². The number of aliphatic hydroxyl groups is 1. The highest BCUT2D eigenvalue weighted by atomic mass is 16.5. The van der Waals surface area contributed by atoms with Crippen LogP contribution in [0.15, 0.2) is 24.3 Å². The molecule has 1 aromatic heterocycles. The summed E-state index contributed by atoms with van der Waals surface area (Å²) in [6, 6.07) is 8.08. The second-order valence-corrected chi connectivity index (χ2v) is 6.51. The molecule has 0 bridgehead atoms. The highest BCUT2D eigenvalue weighted by Crippen LogP contribution is 2.34. The first-order chi connectivity index (χ1) is 9.39. The van der Waals surface area contributed by atoms with Crippen LogP contribution in [-0.2, 0) is 18.2 Å². The molecule has 20 heavy (non-hydrogen) atoms. The average Bonchev–Trinajstić information content (AvgIpc) is 2.65. The number of benzene rings is 1. The van der Waals surface area contributed by atoms with E-state index in [-0.39, 0.29) is 5.60 Å². The summed E-state index contributed by atoms with van der Waals surface area (Å²) in [5.41, 5.74) is 1.10. The number of para-hydroxylation sites is 2. The first-order valence-electron chi connectivity index (χ1n) is 7.15. The van der Waals surface area contributed by atoms with Crippen molar-refractivity contribution in [3.63, 3.8) is 0 Å². The monoisotopic (exact) mass is 274 g/mol. The molecule has 1 N–H and O–H groups in total. The van der Waals surface area contributed by atoms with Gasteiger partial charge in [-0.1, -0.05) is 12.1 Å². The molecule has 1 aliphatic rings. The lowest BCUT2D eigenvalue weighted by molar-refractivity contribution is -0.144. The Kier molecular flexibility index (Phi) is 3.10. The topological polar surface area (TPSA) is 47.3 Å². The van der Waals surface area contributed by atoms with Gasteiger partial charge in [0.1, 0.15) is 5.82 Å². The van der Waals surface area contributed by atoms with Crippen molar-refractivity contribution in [3.05, 3.63) is 30.1 Å². The summed E-state index contributed by atoms with van der Waals surface area (Å²) >= 11 is 0. The van der Waals surface area contributed by atoms with Gasteiger partial charge in [-0.3, -0.25) is 0 Å². The van der Waals surface area contributed by atoms with Crippen molar-refractivity contribution in [3.8, 4) is 0 Å². The van der Waals surface area contributed by atoms with Crippen LogP contribution in [-0.4, -0.2) is 32.5 Å². The van der Waals surface area contributed by atoms with Crippen molar-refractivity contribution < 1.29 is 9.84 Å². The van der Waals surface area contributed by atoms with E-state index in [4.69, 9.17) is 4.74 Å². The van der Waals surface area contributed by atoms with E-state index >= 15 is 0 Å². The fraction of sp³-hybridized carbons (Fsp3) is 0.562. The molecule has 108 valence electrons. The Morgan fingerprint density at radius 1 is 1.35 bits per heavy atom. The normalized spacial score (nSPS) is 26.0. The molecule has 1 aromatic carbocycles. The molecule has 0 saturated carbocycles. The summed E-state index contributed by atoms with van der Waals surface area (Å²) < 4.78 is 7.78. The number of hydrogen-bond donors (Lipinski definition) is 1. The molecule has 1 saturated heterocycles. The number of imidazole rings is 1. The Morgan fingerprint density at radius 3 is 2.80 bits per heavy atom. The molecule has 1 fully saturated rings. The molecule has 0 spiro atoms. The van der Waals surface area contributed by atoms with E-state index in [2.05, 4.69) is 15.6 Å². The molecule has 2 aromatic rings. The van der Waals surface area contributed by atoms with Crippen LogP contribution >= 0.6 is 0 Å². The van der Waals surface area contributed by atoms with Gasteiger partial charge in [0.05, 0.1) is 28.8 Å². The van der Waals surface area contributed by atoms with Gasteiger partial charge in [0.15, 0.2) is 0 Å². The summed E-state index contributed by atoms with van der Waals surface area (Å²) in [5.74, 6) is 0.936. The van der Waals surface area contributed by atoms with Crippen molar-refractivity contribution in [2.45, 2.75) is 44.3 Å². The van der Waals surface area contributed by atoms with E-state index < -0.39 is 5.60 Å². The van der Waals surface area contributed by atoms with Gasteiger partial charge in [-0.25, -0.2) is 4.98 Å². The Balaban J connectivity index is 1.91. The highest BCUT2D eigenvalue weighted by Gasteiger charge is 2.40. The first-order valence-corrected chi connectivity index (χ1v) is 7.15. The fourth-order valence-electron chi connectivity index (χ4n) is 3.25. The Hall–Kier alpha value is -1.39. The van der Waals surface area contributed by atoms with Gasteiger partial charge in [0.25, 0.3) is 0 Å². The van der Waals surface area contributed by atoms with Crippen LogP contribution in [0.1, 0.15) is 32.5 Å². The summed E-state index contributed by atoms with van der Waals surface area (Å²) in [4.78, 5) is 4.66. The maximum Gasteiger partial charge on any atom is 0.112 e. The molecule has 1 unspecified atom stereocenters. The van der Waals surface area contributed by atoms with Gasteiger partial charge in [-0.15, -0.1) is 0 Å². The third-order valence-corrected chi connectivity index (χ3v) is 4.18. The van der Waals surface area contributed by atoms with E-state index in [1.54, 1.807) is 0 Å². The smallest absolute Gasteiger partial charge is 0.112 e. The Bertz CT molecular complexity index is 632. The second kappa shape index (κ2) is 4.57. The largest absolute Gasteiger partial charge is 0.389 e. The van der Waals surface area contributed by atoms with Gasteiger partial charge in [0, 0.05) is 26.3 Å². The zero-order chi connectivity index (χ0) is 14.4. The summed E-state index contributed by atoms with van der Waals surface area (Å²) in [6.07, 6.45) is 1.88. The number of fused-ring (bicyclic) bond motifs is 1. The zero-order valence-electron chi connectivity index (χ0n) is 12.4. The van der Waals surface area contributed by atoms with E-state index in [0.29, 0.717) is 25.9 Å². The van der Waals surface area contributed by atoms with Gasteiger partial charge >= 0.3 is 0 Å². The molecule has 4 heteroatoms. The number of nitrogens with zero attached hydrogens (tertiary/aromatic N) is 2. The minimum atomic E-state index is -0.725. The second-order valence-electron chi connectivity index (χ2n) is 6.51. The van der Waals surface area contributed by atoms with Crippen molar-refractivity contribution >= 4 is 11.0 Å².